The van der Waals surface area contributed by atoms with Gasteiger partial charge in [-0.15, -0.1) is 0 Å². The molecule has 4 rings (SSSR count). The Morgan fingerprint density at radius 3 is 2.71 bits per heavy atom. The Bertz CT molecular complexity index is 1100. The molecule has 0 fully saturated rings. The molecule has 8 heteroatoms. The summed E-state index contributed by atoms with van der Waals surface area (Å²) in [5, 5.41) is 2.79. The molecule has 1 N–H and O–H groups in total. The molecule has 160 valence electrons. The summed E-state index contributed by atoms with van der Waals surface area (Å²) in [7, 11) is 0. The minimum absolute atomic E-state index is 0.0537. The van der Waals surface area contributed by atoms with E-state index >= 15 is 0 Å². The van der Waals surface area contributed by atoms with Crippen LogP contribution in [-0.2, 0) is 23.3 Å². The first-order valence-electron chi connectivity index (χ1n) is 10.0. The topological polar surface area (TPSA) is 97.6 Å². The summed E-state index contributed by atoms with van der Waals surface area (Å²) < 4.78 is 11.1. The molecule has 0 spiro atoms. The average Bonchev–Trinajstić information content (AvgIpc) is 3.22. The van der Waals surface area contributed by atoms with Crippen LogP contribution in [0.5, 0.6) is 5.75 Å². The van der Waals surface area contributed by atoms with Gasteiger partial charge in [-0.1, -0.05) is 26.8 Å². The van der Waals surface area contributed by atoms with Crippen LogP contribution in [0, 0.1) is 0 Å². The fourth-order valence-corrected chi connectivity index (χ4v) is 3.24. The smallest absolute Gasteiger partial charge is 0.273 e. The molecule has 8 nitrogen and oxygen atoms in total. The molecule has 2 aromatic heterocycles. The van der Waals surface area contributed by atoms with Crippen molar-refractivity contribution >= 4 is 17.5 Å². The van der Waals surface area contributed by atoms with Crippen LogP contribution in [0.3, 0.4) is 0 Å². The minimum Gasteiger partial charge on any atom is -0.482 e. The van der Waals surface area contributed by atoms with Crippen LogP contribution in [0.15, 0.2) is 53.4 Å². The van der Waals surface area contributed by atoms with Crippen molar-refractivity contribution in [3.8, 4) is 5.75 Å². The van der Waals surface area contributed by atoms with E-state index in [0.29, 0.717) is 18.0 Å². The molecular formula is C23H24N4O4. The number of amides is 2. The van der Waals surface area contributed by atoms with Crippen molar-refractivity contribution in [2.45, 2.75) is 39.3 Å². The highest BCUT2D eigenvalue weighted by Gasteiger charge is 2.29. The highest BCUT2D eigenvalue weighted by molar-refractivity contribution is 5.98. The Morgan fingerprint density at radius 1 is 1.19 bits per heavy atom. The number of hydrogen-bond donors (Lipinski definition) is 1. The Kier molecular flexibility index (Phi) is 5.46. The van der Waals surface area contributed by atoms with Crippen molar-refractivity contribution in [3.63, 3.8) is 0 Å². The van der Waals surface area contributed by atoms with Crippen LogP contribution < -0.4 is 15.0 Å². The van der Waals surface area contributed by atoms with E-state index in [0.717, 1.165) is 11.1 Å². The fraction of sp³-hybridized carbons (Fsp3) is 0.304. The summed E-state index contributed by atoms with van der Waals surface area (Å²) in [4.78, 5) is 34.8. The monoisotopic (exact) mass is 420 g/mol. The molecule has 0 saturated carbocycles. The SMILES string of the molecule is CC(C)(C)c1ccc2c(c1)N(Cc1nc(C(=O)NCc3ccncc3)co1)C(=O)CO2. The van der Waals surface area contributed by atoms with E-state index in [1.807, 2.05) is 30.3 Å². The van der Waals surface area contributed by atoms with Gasteiger partial charge >= 0.3 is 0 Å². The number of hydrogen-bond acceptors (Lipinski definition) is 6. The van der Waals surface area contributed by atoms with E-state index in [1.54, 1.807) is 17.3 Å². The molecule has 0 unspecified atom stereocenters. The van der Waals surface area contributed by atoms with Gasteiger partial charge in [0.05, 0.1) is 5.69 Å². The summed E-state index contributed by atoms with van der Waals surface area (Å²) >= 11 is 0. The van der Waals surface area contributed by atoms with Crippen LogP contribution in [0.2, 0.25) is 0 Å². The number of anilines is 1. The Morgan fingerprint density at radius 2 is 1.97 bits per heavy atom. The molecule has 0 saturated heterocycles. The van der Waals surface area contributed by atoms with E-state index in [4.69, 9.17) is 9.15 Å². The fourth-order valence-electron chi connectivity index (χ4n) is 3.24. The molecule has 3 aromatic rings. The van der Waals surface area contributed by atoms with Crippen molar-refractivity contribution in [1.82, 2.24) is 15.3 Å². The summed E-state index contributed by atoms with van der Waals surface area (Å²) in [6.07, 6.45) is 4.63. The van der Waals surface area contributed by atoms with Crippen LogP contribution in [-0.4, -0.2) is 28.4 Å². The molecule has 1 aromatic carbocycles. The summed E-state index contributed by atoms with van der Waals surface area (Å²) in [6.45, 7) is 6.73. The minimum atomic E-state index is -0.351. The van der Waals surface area contributed by atoms with E-state index in [-0.39, 0.29) is 42.0 Å². The van der Waals surface area contributed by atoms with E-state index < -0.39 is 0 Å². The Balaban J connectivity index is 1.49. The number of nitrogens with zero attached hydrogens (tertiary/aromatic N) is 3. The van der Waals surface area contributed by atoms with Crippen LogP contribution in [0.1, 0.15) is 48.3 Å². The molecule has 2 amide bonds. The van der Waals surface area contributed by atoms with Gasteiger partial charge in [0.1, 0.15) is 18.6 Å². The third kappa shape index (κ3) is 4.58. The lowest BCUT2D eigenvalue weighted by molar-refractivity contribution is -0.121. The van der Waals surface area contributed by atoms with Gasteiger partial charge in [0.15, 0.2) is 12.3 Å². The van der Waals surface area contributed by atoms with Crippen molar-refractivity contribution < 1.29 is 18.7 Å². The highest BCUT2D eigenvalue weighted by Crippen LogP contribution is 2.37. The third-order valence-corrected chi connectivity index (χ3v) is 5.05. The molecule has 0 aliphatic carbocycles. The number of pyridine rings is 1. The summed E-state index contributed by atoms with van der Waals surface area (Å²) in [5.41, 5.74) is 2.76. The van der Waals surface area contributed by atoms with Crippen LogP contribution in [0.4, 0.5) is 5.69 Å². The maximum absolute atomic E-state index is 12.6. The predicted octanol–water partition coefficient (Wildman–Crippen LogP) is 3.22. The van der Waals surface area contributed by atoms with Gasteiger partial charge in [0.2, 0.25) is 5.89 Å². The van der Waals surface area contributed by atoms with Gasteiger partial charge in [-0.25, -0.2) is 4.98 Å². The van der Waals surface area contributed by atoms with Gasteiger partial charge in [-0.2, -0.15) is 0 Å². The maximum atomic E-state index is 12.6. The molecule has 0 radical (unpaired) electrons. The van der Waals surface area contributed by atoms with Crippen LogP contribution >= 0.6 is 0 Å². The first-order chi connectivity index (χ1) is 14.8. The van der Waals surface area contributed by atoms with Crippen LogP contribution in [0.25, 0.3) is 0 Å². The second kappa shape index (κ2) is 8.22. The predicted molar refractivity (Wildman–Crippen MR) is 114 cm³/mol. The quantitative estimate of drug-likeness (QED) is 0.681. The lowest BCUT2D eigenvalue weighted by Crippen LogP contribution is -2.38. The zero-order chi connectivity index (χ0) is 22.0. The standard InChI is InChI=1S/C23H24N4O4/c1-23(2,3)16-4-5-19-18(10-16)27(21(28)14-30-19)12-20-26-17(13-31-20)22(29)25-11-15-6-8-24-9-7-15/h4-10,13H,11-12,14H2,1-3H3,(H,25,29). The van der Waals surface area contributed by atoms with Crippen molar-refractivity contribution in [2.75, 3.05) is 11.5 Å². The first kappa shape index (κ1) is 20.6. The first-order valence-corrected chi connectivity index (χ1v) is 10.0. The van der Waals surface area contributed by atoms with Gasteiger partial charge in [0, 0.05) is 18.9 Å². The normalized spacial score (nSPS) is 13.5. The molecular weight excluding hydrogens is 396 g/mol. The van der Waals surface area contributed by atoms with Gasteiger partial charge < -0.3 is 14.5 Å². The molecule has 3 heterocycles. The van der Waals surface area contributed by atoms with E-state index in [2.05, 4.69) is 36.1 Å². The number of nitrogens with one attached hydrogen (secondary N) is 1. The summed E-state index contributed by atoms with van der Waals surface area (Å²) in [6, 6.07) is 9.48. The largest absolute Gasteiger partial charge is 0.482 e. The molecule has 31 heavy (non-hydrogen) atoms. The zero-order valence-corrected chi connectivity index (χ0v) is 17.7. The number of carbonyl (C=O) groups excluding carboxylic acids is 2. The lowest BCUT2D eigenvalue weighted by atomic mass is 9.86. The van der Waals surface area contributed by atoms with Gasteiger partial charge in [-0.3, -0.25) is 19.5 Å². The number of carbonyl (C=O) groups is 2. The zero-order valence-electron chi connectivity index (χ0n) is 17.7. The third-order valence-electron chi connectivity index (χ3n) is 5.05. The van der Waals surface area contributed by atoms with Gasteiger partial charge in [-0.05, 0) is 40.8 Å². The number of oxazole rings is 1. The van der Waals surface area contributed by atoms with E-state index in [9.17, 15) is 9.59 Å². The van der Waals surface area contributed by atoms with Crippen molar-refractivity contribution in [2.24, 2.45) is 0 Å². The number of rotatable bonds is 5. The van der Waals surface area contributed by atoms with E-state index in [1.165, 1.54) is 6.26 Å². The average molecular weight is 420 g/mol. The van der Waals surface area contributed by atoms with Gasteiger partial charge in [0.25, 0.3) is 11.8 Å². The van der Waals surface area contributed by atoms with Crippen molar-refractivity contribution in [1.29, 1.82) is 0 Å². The highest BCUT2D eigenvalue weighted by atomic mass is 16.5. The molecule has 1 aliphatic heterocycles. The Hall–Kier alpha value is -3.68. The second-order valence-corrected chi connectivity index (χ2v) is 8.37. The Labute approximate surface area is 180 Å². The number of fused-ring (bicyclic) bond motifs is 1. The summed E-state index contributed by atoms with van der Waals surface area (Å²) in [5.74, 6) is 0.363. The molecule has 1 aliphatic rings. The maximum Gasteiger partial charge on any atom is 0.273 e. The van der Waals surface area contributed by atoms with Crippen molar-refractivity contribution in [3.05, 3.63) is 71.7 Å². The number of aromatic nitrogens is 2. The second-order valence-electron chi connectivity index (χ2n) is 8.37. The number of benzene rings is 1. The lowest BCUT2D eigenvalue weighted by Gasteiger charge is -2.30. The molecule has 0 bridgehead atoms. The molecule has 0 atom stereocenters. The number of ether oxygens (including phenoxy) is 1.